The first-order chi connectivity index (χ1) is 14.8. The van der Waals surface area contributed by atoms with E-state index in [1.165, 1.54) is 13.2 Å². The third kappa shape index (κ3) is 4.13. The molecule has 2 aliphatic rings. The number of rotatable bonds is 5. The maximum Gasteiger partial charge on any atom is 0.296 e. The first kappa shape index (κ1) is 20.6. The van der Waals surface area contributed by atoms with Crippen LogP contribution in [0.1, 0.15) is 57.1 Å². The second kappa shape index (κ2) is 7.85. The van der Waals surface area contributed by atoms with Crippen LogP contribution >= 0.6 is 0 Å². The summed E-state index contributed by atoms with van der Waals surface area (Å²) < 4.78 is 4.89. The summed E-state index contributed by atoms with van der Waals surface area (Å²) in [6, 6.07) is 2.39. The van der Waals surface area contributed by atoms with Crippen LogP contribution in [0.3, 0.4) is 0 Å². The van der Waals surface area contributed by atoms with Crippen LogP contribution in [0.25, 0.3) is 0 Å². The third-order valence-electron chi connectivity index (χ3n) is 5.85. The van der Waals surface area contributed by atoms with E-state index in [9.17, 15) is 19.2 Å². The number of hydrogen-bond donors (Lipinski definition) is 4. The van der Waals surface area contributed by atoms with Crippen molar-refractivity contribution >= 4 is 17.7 Å². The van der Waals surface area contributed by atoms with E-state index in [1.54, 1.807) is 4.90 Å². The fraction of sp³-hybridized carbons (Fsp3) is 0.474. The van der Waals surface area contributed by atoms with Gasteiger partial charge in [0.15, 0.2) is 5.69 Å². The van der Waals surface area contributed by atoms with E-state index < -0.39 is 17.4 Å². The molecule has 1 saturated carbocycles. The van der Waals surface area contributed by atoms with Crippen LogP contribution in [0.2, 0.25) is 0 Å². The predicted octanol–water partition coefficient (Wildman–Crippen LogP) is -0.585. The lowest BCUT2D eigenvalue weighted by Gasteiger charge is -2.52. The van der Waals surface area contributed by atoms with Gasteiger partial charge in [0.25, 0.3) is 29.3 Å². The van der Waals surface area contributed by atoms with Gasteiger partial charge in [0.05, 0.1) is 7.11 Å². The number of likely N-dealkylation sites (tertiary alicyclic amines) is 1. The summed E-state index contributed by atoms with van der Waals surface area (Å²) in [6.07, 6.45) is 3.24. The maximum atomic E-state index is 12.8. The highest BCUT2D eigenvalue weighted by atomic mass is 16.5. The zero-order valence-corrected chi connectivity index (χ0v) is 16.9. The van der Waals surface area contributed by atoms with E-state index in [-0.39, 0.29) is 40.5 Å². The molecule has 2 aromatic heterocycles. The SMILES string of the molecule is COc1nc(C(=O)NC2CC3(CCCN(C(=O)c4cc(C(N)=O)n[nH]4)C3)C2)cc(=O)[nH]1. The Balaban J connectivity index is 1.36. The average molecular weight is 429 g/mol. The van der Waals surface area contributed by atoms with Gasteiger partial charge in [-0.05, 0) is 31.1 Å². The van der Waals surface area contributed by atoms with Gasteiger partial charge in [-0.2, -0.15) is 10.1 Å². The van der Waals surface area contributed by atoms with Gasteiger partial charge in [-0.3, -0.25) is 29.3 Å². The minimum atomic E-state index is -0.699. The average Bonchev–Trinajstić information content (AvgIpc) is 3.22. The van der Waals surface area contributed by atoms with Gasteiger partial charge < -0.3 is 20.7 Å². The van der Waals surface area contributed by atoms with Crippen LogP contribution in [0.5, 0.6) is 6.01 Å². The Morgan fingerprint density at radius 1 is 1.29 bits per heavy atom. The topological polar surface area (TPSA) is 176 Å². The number of carbonyl (C=O) groups is 3. The zero-order valence-electron chi connectivity index (χ0n) is 16.9. The maximum absolute atomic E-state index is 12.8. The number of nitrogens with two attached hydrogens (primary N) is 1. The standard InChI is InChI=1S/C19H23N7O5/c1-31-18-22-12(6-14(27)23-18)16(29)21-10-7-19(8-10)3-2-4-26(9-19)17(30)13-5-11(15(20)28)24-25-13/h5-6,10H,2-4,7-9H2,1H3,(H2,20,28)(H,21,29)(H,24,25)(H,22,23,27). The minimum absolute atomic E-state index is 0.00787. The molecule has 4 rings (SSSR count). The highest BCUT2D eigenvalue weighted by Crippen LogP contribution is 2.47. The number of aromatic nitrogens is 4. The largest absolute Gasteiger partial charge is 0.468 e. The molecule has 12 nitrogen and oxygen atoms in total. The summed E-state index contributed by atoms with van der Waals surface area (Å²) >= 11 is 0. The summed E-state index contributed by atoms with van der Waals surface area (Å²) in [7, 11) is 1.35. The number of primary amides is 1. The lowest BCUT2D eigenvalue weighted by molar-refractivity contribution is -0.000877. The molecule has 164 valence electrons. The zero-order chi connectivity index (χ0) is 22.2. The molecule has 3 amide bonds. The van der Waals surface area contributed by atoms with Gasteiger partial charge >= 0.3 is 0 Å². The number of hydrogen-bond acceptors (Lipinski definition) is 7. The molecule has 1 aliphatic carbocycles. The molecule has 1 saturated heterocycles. The lowest BCUT2D eigenvalue weighted by atomic mass is 9.61. The van der Waals surface area contributed by atoms with E-state index in [0.717, 1.165) is 31.7 Å². The molecule has 1 spiro atoms. The normalized spacial score (nSPS) is 22.6. The first-order valence-corrected chi connectivity index (χ1v) is 9.89. The van der Waals surface area contributed by atoms with Crippen molar-refractivity contribution in [1.82, 2.24) is 30.4 Å². The van der Waals surface area contributed by atoms with Crippen molar-refractivity contribution in [2.24, 2.45) is 11.1 Å². The van der Waals surface area contributed by atoms with Crippen LogP contribution in [0, 0.1) is 5.41 Å². The Kier molecular flexibility index (Phi) is 5.21. The summed E-state index contributed by atoms with van der Waals surface area (Å²) in [4.78, 5) is 56.1. The third-order valence-corrected chi connectivity index (χ3v) is 5.85. The second-order valence-electron chi connectivity index (χ2n) is 8.08. The van der Waals surface area contributed by atoms with Crippen LogP contribution < -0.4 is 21.3 Å². The quantitative estimate of drug-likeness (QED) is 0.491. The van der Waals surface area contributed by atoms with Gasteiger partial charge in [0.2, 0.25) is 0 Å². The molecule has 1 aliphatic heterocycles. The molecule has 2 fully saturated rings. The highest BCUT2D eigenvalue weighted by Gasteiger charge is 2.48. The van der Waals surface area contributed by atoms with E-state index in [2.05, 4.69) is 25.5 Å². The van der Waals surface area contributed by atoms with E-state index in [0.29, 0.717) is 13.1 Å². The molecule has 0 unspecified atom stereocenters. The predicted molar refractivity (Wildman–Crippen MR) is 107 cm³/mol. The Labute approximate surface area is 176 Å². The molecule has 12 heteroatoms. The molecule has 0 atom stereocenters. The molecule has 5 N–H and O–H groups in total. The number of carbonyl (C=O) groups excluding carboxylic acids is 3. The van der Waals surface area contributed by atoms with Crippen LogP contribution in [-0.4, -0.2) is 69.0 Å². The molecular weight excluding hydrogens is 406 g/mol. The van der Waals surface area contributed by atoms with E-state index >= 15 is 0 Å². The van der Waals surface area contributed by atoms with Crippen molar-refractivity contribution in [3.63, 3.8) is 0 Å². The highest BCUT2D eigenvalue weighted by molar-refractivity contribution is 5.97. The Hall–Kier alpha value is -3.70. The smallest absolute Gasteiger partial charge is 0.296 e. The Morgan fingerprint density at radius 2 is 2.06 bits per heavy atom. The van der Waals surface area contributed by atoms with Crippen molar-refractivity contribution in [3.05, 3.63) is 39.6 Å². The van der Waals surface area contributed by atoms with Crippen molar-refractivity contribution in [2.75, 3.05) is 20.2 Å². The molecular formula is C19H23N7O5. The number of nitrogens with one attached hydrogen (secondary N) is 3. The number of nitrogens with zero attached hydrogens (tertiary/aromatic N) is 3. The summed E-state index contributed by atoms with van der Waals surface area (Å²) in [6.45, 7) is 1.17. The van der Waals surface area contributed by atoms with E-state index in [4.69, 9.17) is 10.5 Å². The number of H-pyrrole nitrogens is 2. The van der Waals surface area contributed by atoms with Gasteiger partial charge in [0.1, 0.15) is 11.4 Å². The van der Waals surface area contributed by atoms with Crippen molar-refractivity contribution < 1.29 is 19.1 Å². The summed E-state index contributed by atoms with van der Waals surface area (Å²) in [5.74, 6) is -1.37. The molecule has 31 heavy (non-hydrogen) atoms. The van der Waals surface area contributed by atoms with Gasteiger partial charge in [-0.25, -0.2) is 0 Å². The monoisotopic (exact) mass is 429 g/mol. The Morgan fingerprint density at radius 3 is 2.74 bits per heavy atom. The van der Waals surface area contributed by atoms with Crippen molar-refractivity contribution in [2.45, 2.75) is 31.7 Å². The fourth-order valence-corrected chi connectivity index (χ4v) is 4.44. The summed E-state index contributed by atoms with van der Waals surface area (Å²) in [5.41, 5.74) is 4.89. The van der Waals surface area contributed by atoms with Crippen LogP contribution in [0.15, 0.2) is 16.9 Å². The summed E-state index contributed by atoms with van der Waals surface area (Å²) in [5, 5.41) is 9.22. The van der Waals surface area contributed by atoms with Gasteiger partial charge in [0, 0.05) is 31.3 Å². The molecule has 0 radical (unpaired) electrons. The number of aromatic amines is 2. The minimum Gasteiger partial charge on any atom is -0.468 e. The van der Waals surface area contributed by atoms with Crippen molar-refractivity contribution in [3.8, 4) is 6.01 Å². The molecule has 0 aromatic carbocycles. The van der Waals surface area contributed by atoms with Gasteiger partial charge in [-0.1, -0.05) is 0 Å². The van der Waals surface area contributed by atoms with Gasteiger partial charge in [-0.15, -0.1) is 0 Å². The second-order valence-corrected chi connectivity index (χ2v) is 8.08. The number of ether oxygens (including phenoxy) is 1. The van der Waals surface area contributed by atoms with Crippen LogP contribution in [0.4, 0.5) is 0 Å². The number of methoxy groups -OCH3 is 1. The van der Waals surface area contributed by atoms with Crippen LogP contribution in [-0.2, 0) is 0 Å². The fourth-order valence-electron chi connectivity index (χ4n) is 4.44. The molecule has 3 heterocycles. The van der Waals surface area contributed by atoms with E-state index in [1.807, 2.05) is 0 Å². The lowest BCUT2D eigenvalue weighted by Crippen LogP contribution is -2.58. The molecule has 0 bridgehead atoms. The number of amides is 3. The van der Waals surface area contributed by atoms with Crippen molar-refractivity contribution in [1.29, 1.82) is 0 Å². The first-order valence-electron chi connectivity index (χ1n) is 9.89. The Bertz CT molecular complexity index is 1090. The molecule has 2 aromatic rings. The number of piperidine rings is 1.